The maximum Gasteiger partial charge on any atom is 0.175 e. The Hall–Kier alpha value is -3.18. The minimum atomic E-state index is -0.640. The normalized spacial score (nSPS) is 23.2. The fraction of sp³-hybridized carbons (Fsp3) is 0.312. The van der Waals surface area contributed by atoms with Gasteiger partial charge in [0.25, 0.3) is 0 Å². The Labute approximate surface area is 213 Å². The molecule has 0 aromatic heterocycles. The standard InChI is InChI=1S/C27H28O3.C5H6O/c1-28-27(29-2)17-16-25(30-18-19-8-4-3-5-9-19)24-15-14-22-21-11-7-6-10-20(21)12-13-23(22)26(24)27;1-2-4-6-5-3-1/h3-15,24-26H,16-18H2,1-2H3;1-4H,5H2. The van der Waals surface area contributed by atoms with Crippen LogP contribution in [0.25, 0.3) is 16.8 Å². The molecule has 36 heavy (non-hydrogen) atoms. The number of hydrogen-bond acceptors (Lipinski definition) is 4. The summed E-state index contributed by atoms with van der Waals surface area (Å²) in [6.45, 7) is 1.36. The van der Waals surface area contributed by atoms with Gasteiger partial charge in [0.2, 0.25) is 0 Å². The minimum Gasteiger partial charge on any atom is -0.497 e. The van der Waals surface area contributed by atoms with Gasteiger partial charge in [-0.15, -0.1) is 0 Å². The largest absolute Gasteiger partial charge is 0.497 e. The minimum absolute atomic E-state index is 0.0895. The Balaban J connectivity index is 0.000000391. The number of rotatable bonds is 5. The van der Waals surface area contributed by atoms with Crippen molar-refractivity contribution in [2.24, 2.45) is 5.92 Å². The van der Waals surface area contributed by atoms with E-state index in [0.717, 1.165) is 19.4 Å². The number of hydrogen-bond donors (Lipinski definition) is 0. The molecule has 0 amide bonds. The smallest absolute Gasteiger partial charge is 0.175 e. The van der Waals surface area contributed by atoms with Crippen molar-refractivity contribution in [3.63, 3.8) is 0 Å². The maximum absolute atomic E-state index is 6.46. The van der Waals surface area contributed by atoms with E-state index in [1.165, 1.54) is 27.5 Å². The van der Waals surface area contributed by atoms with Crippen molar-refractivity contribution in [1.82, 2.24) is 0 Å². The van der Waals surface area contributed by atoms with Crippen LogP contribution in [0.15, 0.2) is 97.3 Å². The summed E-state index contributed by atoms with van der Waals surface area (Å²) in [5, 5.41) is 2.53. The van der Waals surface area contributed by atoms with E-state index >= 15 is 0 Å². The lowest BCUT2D eigenvalue weighted by atomic mass is 9.66. The van der Waals surface area contributed by atoms with Gasteiger partial charge in [-0.25, -0.2) is 0 Å². The highest BCUT2D eigenvalue weighted by atomic mass is 16.7. The van der Waals surface area contributed by atoms with Gasteiger partial charge >= 0.3 is 0 Å². The van der Waals surface area contributed by atoms with Crippen LogP contribution in [0.3, 0.4) is 0 Å². The van der Waals surface area contributed by atoms with Crippen LogP contribution in [0, 0.1) is 5.92 Å². The molecule has 0 N–H and O–H groups in total. The first-order valence-corrected chi connectivity index (χ1v) is 12.6. The van der Waals surface area contributed by atoms with Crippen LogP contribution in [0.1, 0.15) is 35.4 Å². The van der Waals surface area contributed by atoms with Crippen LogP contribution >= 0.6 is 0 Å². The lowest BCUT2D eigenvalue weighted by molar-refractivity contribution is -0.256. The number of fused-ring (bicyclic) bond motifs is 5. The Bertz CT molecular complexity index is 1230. The van der Waals surface area contributed by atoms with Crippen molar-refractivity contribution in [2.45, 2.75) is 37.3 Å². The summed E-state index contributed by atoms with van der Waals surface area (Å²) in [6, 6.07) is 23.4. The van der Waals surface area contributed by atoms with Gasteiger partial charge in [0.1, 0.15) is 6.61 Å². The molecule has 1 saturated carbocycles. The van der Waals surface area contributed by atoms with E-state index in [1.54, 1.807) is 20.5 Å². The summed E-state index contributed by atoms with van der Waals surface area (Å²) in [7, 11) is 3.54. The molecule has 4 nitrogen and oxygen atoms in total. The Morgan fingerprint density at radius 3 is 2.42 bits per heavy atom. The summed E-state index contributed by atoms with van der Waals surface area (Å²) in [5.74, 6) is -0.346. The third kappa shape index (κ3) is 4.90. The van der Waals surface area contributed by atoms with E-state index < -0.39 is 5.79 Å². The van der Waals surface area contributed by atoms with E-state index in [1.807, 2.05) is 24.3 Å². The van der Waals surface area contributed by atoms with Crippen LogP contribution in [0.2, 0.25) is 0 Å². The van der Waals surface area contributed by atoms with Gasteiger partial charge in [-0.1, -0.05) is 85.0 Å². The SMILES string of the molecule is C1=CCOC=C1.COC1(OC)CCC(OCc2ccccc2)C2C=Cc3c(ccc4ccccc34)C21. The molecule has 1 fully saturated rings. The molecule has 1 aliphatic heterocycles. The fourth-order valence-electron chi connectivity index (χ4n) is 5.72. The molecule has 0 spiro atoms. The van der Waals surface area contributed by atoms with Gasteiger partial charge in [0.15, 0.2) is 5.79 Å². The van der Waals surface area contributed by atoms with Gasteiger partial charge in [-0.2, -0.15) is 0 Å². The summed E-state index contributed by atoms with van der Waals surface area (Å²) in [6.07, 6.45) is 13.9. The van der Waals surface area contributed by atoms with Crippen LogP contribution in [-0.4, -0.2) is 32.7 Å². The van der Waals surface area contributed by atoms with Crippen molar-refractivity contribution >= 4 is 16.8 Å². The van der Waals surface area contributed by atoms with Crippen LogP contribution < -0.4 is 0 Å². The van der Waals surface area contributed by atoms with Gasteiger partial charge in [0.05, 0.1) is 19.0 Å². The summed E-state index contributed by atoms with van der Waals surface area (Å²) in [5.41, 5.74) is 3.77. The predicted molar refractivity (Wildman–Crippen MR) is 144 cm³/mol. The summed E-state index contributed by atoms with van der Waals surface area (Å²) in [4.78, 5) is 0. The molecule has 6 rings (SSSR count). The Kier molecular flexibility index (Phi) is 7.66. The van der Waals surface area contributed by atoms with E-state index in [9.17, 15) is 0 Å². The molecule has 2 aliphatic carbocycles. The molecule has 3 aliphatic rings. The molecule has 0 radical (unpaired) electrons. The second kappa shape index (κ2) is 11.3. The average molecular weight is 483 g/mol. The topological polar surface area (TPSA) is 36.9 Å². The zero-order valence-corrected chi connectivity index (χ0v) is 21.0. The lowest BCUT2D eigenvalue weighted by Gasteiger charge is -2.50. The number of methoxy groups -OCH3 is 2. The molecule has 3 atom stereocenters. The molecule has 3 unspecified atom stereocenters. The van der Waals surface area contributed by atoms with Crippen molar-refractivity contribution in [2.75, 3.05) is 20.8 Å². The molecule has 3 aromatic carbocycles. The summed E-state index contributed by atoms with van der Waals surface area (Å²) >= 11 is 0. The third-order valence-corrected chi connectivity index (χ3v) is 7.50. The molecule has 1 heterocycles. The van der Waals surface area contributed by atoms with Gasteiger partial charge in [-0.3, -0.25) is 0 Å². The van der Waals surface area contributed by atoms with Crippen molar-refractivity contribution < 1.29 is 18.9 Å². The first-order chi connectivity index (χ1) is 17.8. The van der Waals surface area contributed by atoms with E-state index in [-0.39, 0.29) is 17.9 Å². The number of ether oxygens (including phenoxy) is 4. The zero-order valence-electron chi connectivity index (χ0n) is 21.0. The van der Waals surface area contributed by atoms with E-state index in [2.05, 4.69) is 72.8 Å². The zero-order chi connectivity index (χ0) is 24.8. The van der Waals surface area contributed by atoms with Crippen molar-refractivity contribution in [3.05, 3.63) is 114 Å². The Morgan fingerprint density at radius 2 is 1.72 bits per heavy atom. The highest BCUT2D eigenvalue weighted by Gasteiger charge is 2.52. The van der Waals surface area contributed by atoms with Gasteiger partial charge in [-0.05, 0) is 46.0 Å². The molecule has 186 valence electrons. The quantitative estimate of drug-likeness (QED) is 0.366. The molecule has 3 aromatic rings. The third-order valence-electron chi connectivity index (χ3n) is 7.50. The highest BCUT2D eigenvalue weighted by Crippen LogP contribution is 2.52. The molecular formula is C32H34O4. The molecule has 0 saturated heterocycles. The monoisotopic (exact) mass is 482 g/mol. The molecule has 0 bridgehead atoms. The predicted octanol–water partition coefficient (Wildman–Crippen LogP) is 7.02. The van der Waals surface area contributed by atoms with Gasteiger partial charge in [0, 0.05) is 32.5 Å². The van der Waals surface area contributed by atoms with Gasteiger partial charge < -0.3 is 18.9 Å². The van der Waals surface area contributed by atoms with Crippen molar-refractivity contribution in [1.29, 1.82) is 0 Å². The second-order valence-corrected chi connectivity index (χ2v) is 9.39. The lowest BCUT2D eigenvalue weighted by Crippen LogP contribution is -2.52. The molecule has 4 heteroatoms. The van der Waals surface area contributed by atoms with E-state index in [0.29, 0.717) is 6.61 Å². The van der Waals surface area contributed by atoms with Crippen LogP contribution in [-0.2, 0) is 25.6 Å². The molecular weight excluding hydrogens is 448 g/mol. The number of benzene rings is 3. The van der Waals surface area contributed by atoms with Crippen LogP contribution in [0.4, 0.5) is 0 Å². The maximum atomic E-state index is 6.46. The Morgan fingerprint density at radius 1 is 0.917 bits per heavy atom. The average Bonchev–Trinajstić information content (AvgIpc) is 2.97. The summed E-state index contributed by atoms with van der Waals surface area (Å²) < 4.78 is 23.4. The number of allylic oxidation sites excluding steroid dienone is 2. The highest BCUT2D eigenvalue weighted by molar-refractivity contribution is 5.92. The van der Waals surface area contributed by atoms with Crippen molar-refractivity contribution in [3.8, 4) is 0 Å². The first-order valence-electron chi connectivity index (χ1n) is 12.6. The first kappa shape index (κ1) is 24.5. The van der Waals surface area contributed by atoms with Crippen LogP contribution in [0.5, 0.6) is 0 Å². The van der Waals surface area contributed by atoms with E-state index in [4.69, 9.17) is 18.9 Å². The fourth-order valence-corrected chi connectivity index (χ4v) is 5.72. The second-order valence-electron chi connectivity index (χ2n) is 9.39.